The molecule has 2 aromatic carbocycles. The van der Waals surface area contributed by atoms with Crippen molar-refractivity contribution in [3.05, 3.63) is 59.7 Å². The maximum Gasteiger partial charge on any atom is 0.136 e. The summed E-state index contributed by atoms with van der Waals surface area (Å²) in [4.78, 5) is 0.272. The molecule has 0 saturated heterocycles. The van der Waals surface area contributed by atoms with Crippen molar-refractivity contribution in [2.45, 2.75) is 4.90 Å². The second kappa shape index (κ2) is 6.92. The molecular formula is C15H11F2NOS. The van der Waals surface area contributed by atoms with Crippen LogP contribution in [0.2, 0.25) is 0 Å². The molecule has 0 aromatic heterocycles. The van der Waals surface area contributed by atoms with Gasteiger partial charge in [0.05, 0.1) is 18.2 Å². The quantitative estimate of drug-likeness (QED) is 0.616. The van der Waals surface area contributed by atoms with Gasteiger partial charge in [0.25, 0.3) is 0 Å². The molecule has 0 fully saturated rings. The van der Waals surface area contributed by atoms with Gasteiger partial charge >= 0.3 is 0 Å². The molecular weight excluding hydrogens is 280 g/mol. The van der Waals surface area contributed by atoms with Gasteiger partial charge in [0.2, 0.25) is 0 Å². The molecule has 0 aliphatic heterocycles. The summed E-state index contributed by atoms with van der Waals surface area (Å²) in [5, 5.41) is 8.66. The molecule has 0 aliphatic rings. The Balaban J connectivity index is 1.81. The molecule has 0 bridgehead atoms. The topological polar surface area (TPSA) is 33.0 Å². The van der Waals surface area contributed by atoms with Gasteiger partial charge in [0, 0.05) is 10.6 Å². The minimum absolute atomic E-state index is 0.272. The summed E-state index contributed by atoms with van der Waals surface area (Å²) in [7, 11) is 0. The lowest BCUT2D eigenvalue weighted by Gasteiger charge is -2.06. The third-order valence-corrected chi connectivity index (χ3v) is 3.48. The number of rotatable bonds is 5. The molecule has 0 heterocycles. The van der Waals surface area contributed by atoms with Crippen molar-refractivity contribution in [3.63, 3.8) is 0 Å². The monoisotopic (exact) mass is 291 g/mol. The molecule has 0 radical (unpaired) electrons. The highest BCUT2D eigenvalue weighted by molar-refractivity contribution is 7.99. The van der Waals surface area contributed by atoms with Gasteiger partial charge in [0.15, 0.2) is 0 Å². The molecule has 0 spiro atoms. The van der Waals surface area contributed by atoms with Gasteiger partial charge in [-0.1, -0.05) is 0 Å². The maximum atomic E-state index is 13.3. The number of benzene rings is 2. The SMILES string of the molecule is N#Cc1ccc(OCCSc2cc(F)ccc2F)cc1. The van der Waals surface area contributed by atoms with E-state index in [1.54, 1.807) is 24.3 Å². The number of thioether (sulfide) groups is 1. The zero-order valence-corrected chi connectivity index (χ0v) is 11.3. The minimum Gasteiger partial charge on any atom is -0.493 e. The van der Waals surface area contributed by atoms with E-state index in [9.17, 15) is 8.78 Å². The Hall–Kier alpha value is -2.06. The fraction of sp³-hybridized carbons (Fsp3) is 0.133. The van der Waals surface area contributed by atoms with Crippen LogP contribution in [-0.4, -0.2) is 12.4 Å². The van der Waals surface area contributed by atoms with Crippen molar-refractivity contribution >= 4 is 11.8 Å². The zero-order chi connectivity index (χ0) is 14.4. The van der Waals surface area contributed by atoms with Crippen LogP contribution < -0.4 is 4.74 Å². The van der Waals surface area contributed by atoms with Crippen LogP contribution in [0.4, 0.5) is 8.78 Å². The van der Waals surface area contributed by atoms with Crippen LogP contribution in [-0.2, 0) is 0 Å². The first-order valence-electron chi connectivity index (χ1n) is 5.90. The first-order valence-corrected chi connectivity index (χ1v) is 6.88. The van der Waals surface area contributed by atoms with Gasteiger partial charge in [-0.2, -0.15) is 5.26 Å². The lowest BCUT2D eigenvalue weighted by atomic mass is 10.2. The summed E-state index contributed by atoms with van der Waals surface area (Å²) in [6, 6.07) is 12.1. The van der Waals surface area contributed by atoms with Crippen molar-refractivity contribution in [1.82, 2.24) is 0 Å². The molecule has 2 aromatic rings. The van der Waals surface area contributed by atoms with Gasteiger partial charge in [-0.15, -0.1) is 11.8 Å². The van der Waals surface area contributed by atoms with Crippen LogP contribution >= 0.6 is 11.8 Å². The van der Waals surface area contributed by atoms with E-state index in [1.165, 1.54) is 17.8 Å². The number of ether oxygens (including phenoxy) is 1. The van der Waals surface area contributed by atoms with E-state index >= 15 is 0 Å². The lowest BCUT2D eigenvalue weighted by molar-refractivity contribution is 0.344. The van der Waals surface area contributed by atoms with Gasteiger partial charge < -0.3 is 4.74 Å². The normalized spacial score (nSPS) is 10.1. The molecule has 0 unspecified atom stereocenters. The molecule has 20 heavy (non-hydrogen) atoms. The summed E-state index contributed by atoms with van der Waals surface area (Å²) in [5.41, 5.74) is 0.563. The van der Waals surface area contributed by atoms with E-state index in [4.69, 9.17) is 10.00 Å². The van der Waals surface area contributed by atoms with E-state index in [2.05, 4.69) is 0 Å². The van der Waals surface area contributed by atoms with Gasteiger partial charge in [-0.25, -0.2) is 8.78 Å². The Morgan fingerprint density at radius 3 is 2.55 bits per heavy atom. The predicted molar refractivity (Wildman–Crippen MR) is 73.7 cm³/mol. The van der Waals surface area contributed by atoms with Crippen molar-refractivity contribution in [2.75, 3.05) is 12.4 Å². The zero-order valence-electron chi connectivity index (χ0n) is 10.5. The van der Waals surface area contributed by atoms with Gasteiger partial charge in [0.1, 0.15) is 17.4 Å². The summed E-state index contributed by atoms with van der Waals surface area (Å²) in [6.45, 7) is 0.368. The third kappa shape index (κ3) is 3.97. The molecule has 0 N–H and O–H groups in total. The molecule has 2 nitrogen and oxygen atoms in total. The van der Waals surface area contributed by atoms with Crippen molar-refractivity contribution in [1.29, 1.82) is 5.26 Å². The Morgan fingerprint density at radius 2 is 1.85 bits per heavy atom. The Labute approximate surface area is 120 Å². The van der Waals surface area contributed by atoms with Crippen molar-refractivity contribution < 1.29 is 13.5 Å². The second-order valence-electron chi connectivity index (χ2n) is 3.91. The van der Waals surface area contributed by atoms with Gasteiger partial charge in [-0.05, 0) is 42.5 Å². The number of hydrogen-bond acceptors (Lipinski definition) is 3. The number of nitriles is 1. The van der Waals surface area contributed by atoms with Crippen LogP contribution in [0.3, 0.4) is 0 Å². The molecule has 5 heteroatoms. The highest BCUT2D eigenvalue weighted by Crippen LogP contribution is 2.22. The van der Waals surface area contributed by atoms with Crippen LogP contribution in [0.15, 0.2) is 47.4 Å². The molecule has 102 valence electrons. The summed E-state index contributed by atoms with van der Waals surface area (Å²) in [5.74, 6) is 0.251. The molecule has 0 amide bonds. The van der Waals surface area contributed by atoms with Crippen LogP contribution in [0.25, 0.3) is 0 Å². The van der Waals surface area contributed by atoms with Crippen LogP contribution in [0, 0.1) is 23.0 Å². The van der Waals surface area contributed by atoms with E-state index < -0.39 is 11.6 Å². The fourth-order valence-corrected chi connectivity index (χ4v) is 2.31. The number of hydrogen-bond donors (Lipinski definition) is 0. The van der Waals surface area contributed by atoms with Crippen molar-refractivity contribution in [2.24, 2.45) is 0 Å². The average molecular weight is 291 g/mol. The summed E-state index contributed by atoms with van der Waals surface area (Å²) < 4.78 is 31.8. The summed E-state index contributed by atoms with van der Waals surface area (Å²) >= 11 is 1.20. The Bertz CT molecular complexity index is 623. The molecule has 0 saturated carbocycles. The maximum absolute atomic E-state index is 13.3. The number of nitrogens with zero attached hydrogens (tertiary/aromatic N) is 1. The van der Waals surface area contributed by atoms with E-state index in [-0.39, 0.29) is 4.90 Å². The van der Waals surface area contributed by atoms with E-state index in [0.717, 1.165) is 12.1 Å². The molecule has 0 aliphatic carbocycles. The lowest BCUT2D eigenvalue weighted by Crippen LogP contribution is -2.00. The Kier molecular flexibility index (Phi) is 4.97. The molecule has 2 rings (SSSR count). The first kappa shape index (κ1) is 14.4. The largest absolute Gasteiger partial charge is 0.493 e. The smallest absolute Gasteiger partial charge is 0.136 e. The van der Waals surface area contributed by atoms with E-state index in [1.807, 2.05) is 6.07 Å². The average Bonchev–Trinajstić information content (AvgIpc) is 2.47. The third-order valence-electron chi connectivity index (χ3n) is 2.49. The van der Waals surface area contributed by atoms with Crippen molar-refractivity contribution in [3.8, 4) is 11.8 Å². The highest BCUT2D eigenvalue weighted by atomic mass is 32.2. The predicted octanol–water partition coefficient (Wildman–Crippen LogP) is 4.01. The molecule has 0 atom stereocenters. The number of halogens is 2. The van der Waals surface area contributed by atoms with Gasteiger partial charge in [-0.3, -0.25) is 0 Å². The Morgan fingerprint density at radius 1 is 1.10 bits per heavy atom. The first-order chi connectivity index (χ1) is 9.69. The van der Waals surface area contributed by atoms with Crippen LogP contribution in [0.1, 0.15) is 5.56 Å². The van der Waals surface area contributed by atoms with E-state index in [0.29, 0.717) is 23.7 Å². The summed E-state index contributed by atoms with van der Waals surface area (Å²) in [6.07, 6.45) is 0. The minimum atomic E-state index is -0.457. The standard InChI is InChI=1S/C15H11F2NOS/c16-12-3-6-14(17)15(9-12)20-8-7-19-13-4-1-11(10-18)2-5-13/h1-6,9H,7-8H2. The fourth-order valence-electron chi connectivity index (χ4n) is 1.52. The second-order valence-corrected chi connectivity index (χ2v) is 5.04. The highest BCUT2D eigenvalue weighted by Gasteiger charge is 2.04. The van der Waals surface area contributed by atoms with Crippen LogP contribution in [0.5, 0.6) is 5.75 Å².